The zero-order valence-corrected chi connectivity index (χ0v) is 23.2. The second kappa shape index (κ2) is 10.9. The molecule has 7 nitrogen and oxygen atoms in total. The van der Waals surface area contributed by atoms with E-state index < -0.39 is 17.9 Å². The first-order valence-corrected chi connectivity index (χ1v) is 14.1. The molecule has 1 unspecified atom stereocenters. The van der Waals surface area contributed by atoms with Gasteiger partial charge in [-0.25, -0.2) is 4.39 Å². The summed E-state index contributed by atoms with van der Waals surface area (Å²) in [7, 11) is 1.64. The van der Waals surface area contributed by atoms with Gasteiger partial charge < -0.3 is 9.80 Å². The number of rotatable bonds is 11. The Bertz CT molecular complexity index is 1510. The molecule has 1 atom stereocenters. The molecule has 2 aromatic carbocycles. The number of anilines is 2. The highest BCUT2D eigenvalue weighted by Crippen LogP contribution is 2.40. The summed E-state index contributed by atoms with van der Waals surface area (Å²) < 4.78 is 55.5. The van der Waals surface area contributed by atoms with Gasteiger partial charge in [-0.2, -0.15) is 18.0 Å². The Labute approximate surface area is 236 Å². The first kappa shape index (κ1) is 27.4. The van der Waals surface area contributed by atoms with Crippen LogP contribution in [0.15, 0.2) is 48.7 Å². The molecule has 0 amide bonds. The van der Waals surface area contributed by atoms with Crippen molar-refractivity contribution in [1.29, 1.82) is 0 Å². The van der Waals surface area contributed by atoms with Crippen molar-refractivity contribution in [1.82, 2.24) is 25.2 Å². The van der Waals surface area contributed by atoms with E-state index in [0.29, 0.717) is 23.9 Å². The zero-order valence-electron chi connectivity index (χ0n) is 23.2. The number of aryl methyl sites for hydroxylation is 1. The third-order valence-corrected chi connectivity index (χ3v) is 7.81. The molecular formula is C30H33F4N7. The third kappa shape index (κ3) is 6.44. The van der Waals surface area contributed by atoms with Gasteiger partial charge in [-0.15, -0.1) is 5.10 Å². The Morgan fingerprint density at radius 2 is 1.68 bits per heavy atom. The molecule has 2 fully saturated rings. The molecule has 0 N–H and O–H groups in total. The van der Waals surface area contributed by atoms with Gasteiger partial charge in [0, 0.05) is 43.3 Å². The molecule has 0 aliphatic heterocycles. The predicted molar refractivity (Wildman–Crippen MR) is 149 cm³/mol. The van der Waals surface area contributed by atoms with E-state index in [9.17, 15) is 17.6 Å². The lowest BCUT2D eigenvalue weighted by molar-refractivity contribution is -0.137. The molecule has 4 aromatic rings. The number of hydrogen-bond donors (Lipinski definition) is 0. The van der Waals surface area contributed by atoms with Gasteiger partial charge in [0.2, 0.25) is 0 Å². The van der Waals surface area contributed by atoms with Crippen molar-refractivity contribution in [2.45, 2.75) is 58.0 Å². The number of fused-ring (bicyclic) bond motifs is 1. The van der Waals surface area contributed by atoms with Crippen LogP contribution in [0.2, 0.25) is 0 Å². The summed E-state index contributed by atoms with van der Waals surface area (Å²) in [4.78, 5) is 10.3. The average Bonchev–Trinajstić information content (AvgIpc) is 3.87. The van der Waals surface area contributed by atoms with E-state index in [2.05, 4.69) is 26.4 Å². The summed E-state index contributed by atoms with van der Waals surface area (Å²) in [5.74, 6) is 1.60. The standard InChI is InChI=1S/C30H33F4N7/c1-19(31)23-11-22(12-25(13-23)30(32,33)34)17-41(29-36-38-39(2)37-29)18-24-14-35-27-6-4-3-5-26(27)28(24)40(15-20-7-8-20)16-21-9-10-21/h3-6,11-14,19-21H,7-10,15-18H2,1-2H3. The molecule has 2 heterocycles. The third-order valence-electron chi connectivity index (χ3n) is 7.81. The van der Waals surface area contributed by atoms with Crippen molar-refractivity contribution in [3.05, 3.63) is 70.9 Å². The van der Waals surface area contributed by atoms with Crippen LogP contribution in [0.25, 0.3) is 10.9 Å². The number of para-hydroxylation sites is 1. The highest BCUT2D eigenvalue weighted by atomic mass is 19.4. The van der Waals surface area contributed by atoms with Crippen molar-refractivity contribution in [3.8, 4) is 0 Å². The van der Waals surface area contributed by atoms with Gasteiger partial charge in [-0.3, -0.25) is 4.98 Å². The highest BCUT2D eigenvalue weighted by molar-refractivity contribution is 5.93. The summed E-state index contributed by atoms with van der Waals surface area (Å²) in [6.45, 7) is 3.50. The van der Waals surface area contributed by atoms with E-state index >= 15 is 0 Å². The van der Waals surface area contributed by atoms with Crippen molar-refractivity contribution < 1.29 is 17.6 Å². The van der Waals surface area contributed by atoms with Crippen LogP contribution in [0.3, 0.4) is 0 Å². The molecule has 0 spiro atoms. The fourth-order valence-electron chi connectivity index (χ4n) is 5.37. The number of pyridine rings is 1. The van der Waals surface area contributed by atoms with Gasteiger partial charge in [-0.05, 0) is 79.0 Å². The minimum Gasteiger partial charge on any atom is -0.370 e. The maximum Gasteiger partial charge on any atom is 0.416 e. The Morgan fingerprint density at radius 3 is 2.29 bits per heavy atom. The molecular weight excluding hydrogens is 534 g/mol. The van der Waals surface area contributed by atoms with Crippen molar-refractivity contribution in [2.75, 3.05) is 22.9 Å². The molecule has 2 aliphatic rings. The van der Waals surface area contributed by atoms with Crippen LogP contribution in [-0.4, -0.2) is 38.3 Å². The van der Waals surface area contributed by atoms with E-state index in [-0.39, 0.29) is 18.1 Å². The second-order valence-corrected chi connectivity index (χ2v) is 11.5. The van der Waals surface area contributed by atoms with Crippen LogP contribution >= 0.6 is 0 Å². The molecule has 2 saturated carbocycles. The summed E-state index contributed by atoms with van der Waals surface area (Å²) >= 11 is 0. The van der Waals surface area contributed by atoms with Gasteiger partial charge in [0.25, 0.3) is 5.95 Å². The van der Waals surface area contributed by atoms with E-state index in [0.717, 1.165) is 47.4 Å². The average molecular weight is 568 g/mol. The Balaban J connectivity index is 1.42. The van der Waals surface area contributed by atoms with Gasteiger partial charge in [0.15, 0.2) is 0 Å². The number of benzene rings is 2. The van der Waals surface area contributed by atoms with Crippen molar-refractivity contribution in [2.24, 2.45) is 18.9 Å². The first-order valence-electron chi connectivity index (χ1n) is 14.1. The Kier molecular flexibility index (Phi) is 7.29. The number of aromatic nitrogens is 5. The van der Waals surface area contributed by atoms with E-state index in [1.165, 1.54) is 43.5 Å². The topological polar surface area (TPSA) is 63.0 Å². The van der Waals surface area contributed by atoms with Crippen LogP contribution in [-0.2, 0) is 26.3 Å². The summed E-state index contributed by atoms with van der Waals surface area (Å²) in [6, 6.07) is 11.5. The maximum atomic E-state index is 14.3. The van der Waals surface area contributed by atoms with Gasteiger partial charge in [0.1, 0.15) is 6.17 Å². The van der Waals surface area contributed by atoms with Crippen LogP contribution in [0, 0.1) is 11.8 Å². The molecule has 0 bridgehead atoms. The summed E-state index contributed by atoms with van der Waals surface area (Å²) in [5, 5.41) is 13.6. The molecule has 0 saturated heterocycles. The highest BCUT2D eigenvalue weighted by Gasteiger charge is 2.33. The maximum absolute atomic E-state index is 14.3. The Hall–Kier alpha value is -3.76. The number of hydrogen-bond acceptors (Lipinski definition) is 6. The quantitative estimate of drug-likeness (QED) is 0.189. The zero-order chi connectivity index (χ0) is 28.7. The fourth-order valence-corrected chi connectivity index (χ4v) is 5.37. The minimum absolute atomic E-state index is 0.0185. The first-order chi connectivity index (χ1) is 19.6. The largest absolute Gasteiger partial charge is 0.416 e. The van der Waals surface area contributed by atoms with E-state index in [1.807, 2.05) is 24.4 Å². The van der Waals surface area contributed by atoms with Crippen LogP contribution < -0.4 is 9.80 Å². The normalized spacial score (nSPS) is 16.2. The molecule has 0 radical (unpaired) electrons. The fraction of sp³-hybridized carbons (Fsp3) is 0.467. The SMILES string of the molecule is CC(F)c1cc(CN(Cc2cnc3ccccc3c2N(CC2CC2)CC2CC2)c2nnn(C)n2)cc(C(F)(F)F)c1. The Morgan fingerprint density at radius 1 is 0.976 bits per heavy atom. The van der Waals surface area contributed by atoms with Gasteiger partial charge in [0.05, 0.1) is 23.8 Å². The molecule has 216 valence electrons. The lowest BCUT2D eigenvalue weighted by Gasteiger charge is -2.30. The molecule has 11 heteroatoms. The van der Waals surface area contributed by atoms with Crippen LogP contribution in [0.4, 0.5) is 29.2 Å². The van der Waals surface area contributed by atoms with E-state index in [4.69, 9.17) is 4.98 Å². The molecule has 2 aliphatic carbocycles. The summed E-state index contributed by atoms with van der Waals surface area (Å²) in [6.07, 6.45) is 0.598. The van der Waals surface area contributed by atoms with E-state index in [1.54, 1.807) is 11.9 Å². The molecule has 41 heavy (non-hydrogen) atoms. The van der Waals surface area contributed by atoms with Gasteiger partial charge >= 0.3 is 6.18 Å². The van der Waals surface area contributed by atoms with Crippen molar-refractivity contribution in [3.63, 3.8) is 0 Å². The number of tetrazole rings is 1. The molecule has 6 rings (SSSR count). The van der Waals surface area contributed by atoms with Crippen LogP contribution in [0.1, 0.15) is 61.0 Å². The predicted octanol–water partition coefficient (Wildman–Crippen LogP) is 6.64. The molecule has 2 aromatic heterocycles. The second-order valence-electron chi connectivity index (χ2n) is 11.5. The van der Waals surface area contributed by atoms with Crippen molar-refractivity contribution >= 4 is 22.5 Å². The monoisotopic (exact) mass is 567 g/mol. The lowest BCUT2D eigenvalue weighted by atomic mass is 10.0. The minimum atomic E-state index is -4.60. The summed E-state index contributed by atoms with van der Waals surface area (Å²) in [5.41, 5.74) is 2.35. The van der Waals surface area contributed by atoms with Gasteiger partial charge in [-0.1, -0.05) is 29.4 Å². The smallest absolute Gasteiger partial charge is 0.370 e. The number of alkyl halides is 4. The number of halogens is 4. The lowest BCUT2D eigenvalue weighted by Crippen LogP contribution is -2.31. The van der Waals surface area contributed by atoms with Crippen LogP contribution in [0.5, 0.6) is 0 Å². The number of nitrogens with zero attached hydrogens (tertiary/aromatic N) is 7.